The van der Waals surface area contributed by atoms with Gasteiger partial charge in [-0.25, -0.2) is 4.68 Å². The number of rotatable bonds is 5. The summed E-state index contributed by atoms with van der Waals surface area (Å²) < 4.78 is 1.30. The van der Waals surface area contributed by atoms with Crippen molar-refractivity contribution in [3.8, 4) is 0 Å². The third kappa shape index (κ3) is 3.90. The molecule has 0 radical (unpaired) electrons. The monoisotopic (exact) mass is 369 g/mol. The maximum absolute atomic E-state index is 12.9. The maximum atomic E-state index is 12.9. The highest BCUT2D eigenvalue weighted by atomic mass is 16.3. The number of carbonyl (C=O) groups excluding carboxylic acids is 1. The summed E-state index contributed by atoms with van der Waals surface area (Å²) in [5, 5.41) is 18.6. The minimum absolute atomic E-state index is 0.0643. The van der Waals surface area contributed by atoms with Crippen molar-refractivity contribution < 1.29 is 9.90 Å². The molecule has 0 saturated heterocycles. The minimum Gasteiger partial charge on any atom is -0.393 e. The topological polar surface area (TPSA) is 84.2 Å². The fourth-order valence-corrected chi connectivity index (χ4v) is 4.04. The summed E-state index contributed by atoms with van der Waals surface area (Å²) in [6.07, 6.45) is 5.87. The van der Waals surface area contributed by atoms with Crippen LogP contribution in [0.4, 0.5) is 0 Å². The molecule has 2 aromatic rings. The number of aliphatic hydroxyl groups excluding tert-OH is 1. The Labute approximate surface area is 158 Å². The van der Waals surface area contributed by atoms with Gasteiger partial charge in [0.25, 0.3) is 5.56 Å². The molecule has 6 nitrogen and oxygen atoms in total. The first kappa shape index (κ1) is 18.2. The zero-order valence-electron chi connectivity index (χ0n) is 15.8. The molecule has 2 aliphatic rings. The van der Waals surface area contributed by atoms with Crippen molar-refractivity contribution in [1.29, 1.82) is 0 Å². The predicted octanol–water partition coefficient (Wildman–Crippen LogP) is 2.26. The van der Waals surface area contributed by atoms with Gasteiger partial charge in [-0.3, -0.25) is 9.59 Å². The van der Waals surface area contributed by atoms with Gasteiger partial charge in [-0.15, -0.1) is 0 Å². The molecule has 2 aliphatic carbocycles. The third-order valence-electron chi connectivity index (χ3n) is 5.80. The Hall–Kier alpha value is -2.21. The number of hydrogen-bond acceptors (Lipinski definition) is 4. The molecule has 0 aliphatic heterocycles. The first-order valence-electron chi connectivity index (χ1n) is 10.1. The molecule has 0 unspecified atom stereocenters. The predicted molar refractivity (Wildman–Crippen MR) is 104 cm³/mol. The van der Waals surface area contributed by atoms with Crippen molar-refractivity contribution in [2.45, 2.75) is 76.5 Å². The lowest BCUT2D eigenvalue weighted by Gasteiger charge is -2.26. The number of benzene rings is 1. The SMILES string of the molecule is CCc1nn(CC(=O)NC2CCC(O)CC2)c(=O)c2ccc(C3CC3)cc12. The van der Waals surface area contributed by atoms with Crippen molar-refractivity contribution in [1.82, 2.24) is 15.1 Å². The fraction of sp³-hybridized carbons (Fsp3) is 0.571. The lowest BCUT2D eigenvalue weighted by atomic mass is 9.93. The highest BCUT2D eigenvalue weighted by Crippen LogP contribution is 2.40. The number of aliphatic hydroxyl groups is 1. The number of carbonyl (C=O) groups is 1. The van der Waals surface area contributed by atoms with E-state index in [4.69, 9.17) is 0 Å². The lowest BCUT2D eigenvalue weighted by Crippen LogP contribution is -2.42. The number of amides is 1. The van der Waals surface area contributed by atoms with Gasteiger partial charge < -0.3 is 10.4 Å². The average molecular weight is 369 g/mol. The average Bonchev–Trinajstić information content (AvgIpc) is 3.51. The van der Waals surface area contributed by atoms with E-state index in [2.05, 4.69) is 16.5 Å². The molecule has 0 atom stereocenters. The molecule has 144 valence electrons. The van der Waals surface area contributed by atoms with Crippen LogP contribution in [0.1, 0.15) is 62.6 Å². The van der Waals surface area contributed by atoms with Crippen LogP contribution in [0.3, 0.4) is 0 Å². The van der Waals surface area contributed by atoms with Gasteiger partial charge in [0.1, 0.15) is 6.54 Å². The Balaban J connectivity index is 1.56. The van der Waals surface area contributed by atoms with Crippen LogP contribution in [0, 0.1) is 0 Å². The Morgan fingerprint density at radius 2 is 1.93 bits per heavy atom. The molecule has 1 aromatic carbocycles. The van der Waals surface area contributed by atoms with Gasteiger partial charge in [0, 0.05) is 11.4 Å². The fourth-order valence-electron chi connectivity index (χ4n) is 4.04. The minimum atomic E-state index is -0.254. The summed E-state index contributed by atoms with van der Waals surface area (Å²) in [6.45, 7) is 1.96. The second kappa shape index (κ2) is 7.43. The van der Waals surface area contributed by atoms with E-state index in [1.54, 1.807) is 0 Å². The molecule has 2 saturated carbocycles. The van der Waals surface area contributed by atoms with E-state index in [1.807, 2.05) is 19.1 Å². The summed E-state index contributed by atoms with van der Waals surface area (Å²) in [5.41, 5.74) is 1.94. The second-order valence-electron chi connectivity index (χ2n) is 7.92. The molecule has 0 bridgehead atoms. The highest BCUT2D eigenvalue weighted by molar-refractivity contribution is 5.85. The first-order valence-corrected chi connectivity index (χ1v) is 10.1. The Bertz CT molecular complexity index is 909. The van der Waals surface area contributed by atoms with Gasteiger partial charge in [0.2, 0.25) is 5.91 Å². The molecular formula is C21H27N3O3. The normalized spacial score (nSPS) is 22.7. The number of hydrogen-bond donors (Lipinski definition) is 2. The van der Waals surface area contributed by atoms with Gasteiger partial charge >= 0.3 is 0 Å². The second-order valence-corrected chi connectivity index (χ2v) is 7.92. The Morgan fingerprint density at radius 3 is 2.59 bits per heavy atom. The summed E-state index contributed by atoms with van der Waals surface area (Å²) in [4.78, 5) is 25.3. The van der Waals surface area contributed by atoms with Crippen LogP contribution in [0.25, 0.3) is 10.8 Å². The Kier molecular flexibility index (Phi) is 5.00. The van der Waals surface area contributed by atoms with Gasteiger partial charge in [-0.05, 0) is 68.6 Å². The van der Waals surface area contributed by atoms with E-state index in [1.165, 1.54) is 23.1 Å². The van der Waals surface area contributed by atoms with Crippen molar-refractivity contribution in [2.75, 3.05) is 0 Å². The van der Waals surface area contributed by atoms with Crippen LogP contribution in [-0.4, -0.2) is 32.9 Å². The molecule has 2 N–H and O–H groups in total. The highest BCUT2D eigenvalue weighted by Gasteiger charge is 2.25. The number of fused-ring (bicyclic) bond motifs is 1. The molecule has 1 heterocycles. The van der Waals surface area contributed by atoms with E-state index in [-0.39, 0.29) is 30.2 Å². The number of nitrogens with zero attached hydrogens (tertiary/aromatic N) is 2. The largest absolute Gasteiger partial charge is 0.393 e. The lowest BCUT2D eigenvalue weighted by molar-refractivity contribution is -0.123. The van der Waals surface area contributed by atoms with Gasteiger partial charge in [-0.2, -0.15) is 5.10 Å². The third-order valence-corrected chi connectivity index (χ3v) is 5.80. The van der Waals surface area contributed by atoms with E-state index < -0.39 is 0 Å². The van der Waals surface area contributed by atoms with Crippen molar-refractivity contribution in [2.24, 2.45) is 0 Å². The van der Waals surface area contributed by atoms with Crippen LogP contribution in [-0.2, 0) is 17.8 Å². The number of aromatic nitrogens is 2. The number of nitrogens with one attached hydrogen (secondary N) is 1. The van der Waals surface area contributed by atoms with Crippen LogP contribution >= 0.6 is 0 Å². The summed E-state index contributed by atoms with van der Waals surface area (Å²) >= 11 is 0. The molecule has 4 rings (SSSR count). The van der Waals surface area contributed by atoms with E-state index >= 15 is 0 Å². The molecule has 27 heavy (non-hydrogen) atoms. The van der Waals surface area contributed by atoms with Crippen LogP contribution in [0.15, 0.2) is 23.0 Å². The Morgan fingerprint density at radius 1 is 1.19 bits per heavy atom. The molecule has 2 fully saturated rings. The van der Waals surface area contributed by atoms with Gasteiger partial charge in [0.15, 0.2) is 0 Å². The smallest absolute Gasteiger partial charge is 0.275 e. The van der Waals surface area contributed by atoms with E-state index in [9.17, 15) is 14.7 Å². The zero-order chi connectivity index (χ0) is 19.0. The first-order chi connectivity index (χ1) is 13.0. The van der Waals surface area contributed by atoms with E-state index in [0.717, 1.165) is 23.9 Å². The van der Waals surface area contributed by atoms with E-state index in [0.29, 0.717) is 30.6 Å². The summed E-state index contributed by atoms with van der Waals surface area (Å²) in [7, 11) is 0. The summed E-state index contributed by atoms with van der Waals surface area (Å²) in [6, 6.07) is 6.11. The van der Waals surface area contributed by atoms with Crippen molar-refractivity contribution >= 4 is 16.7 Å². The van der Waals surface area contributed by atoms with Crippen LogP contribution in [0.2, 0.25) is 0 Å². The van der Waals surface area contributed by atoms with Crippen molar-refractivity contribution in [3.05, 3.63) is 39.8 Å². The molecular weight excluding hydrogens is 342 g/mol. The van der Waals surface area contributed by atoms with Gasteiger partial charge in [0.05, 0.1) is 17.2 Å². The van der Waals surface area contributed by atoms with Crippen LogP contribution in [0.5, 0.6) is 0 Å². The standard InChI is InChI=1S/C21H27N3O3/c1-2-19-18-11-14(13-3-4-13)5-10-17(18)21(27)24(23-19)12-20(26)22-15-6-8-16(25)9-7-15/h5,10-11,13,15-16,25H,2-4,6-9,12H2,1H3,(H,22,26). The molecule has 1 aromatic heterocycles. The number of aryl methyl sites for hydroxylation is 1. The maximum Gasteiger partial charge on any atom is 0.275 e. The molecule has 6 heteroatoms. The zero-order valence-corrected chi connectivity index (χ0v) is 15.8. The van der Waals surface area contributed by atoms with Gasteiger partial charge in [-0.1, -0.05) is 13.0 Å². The molecule has 1 amide bonds. The molecule has 0 spiro atoms. The summed E-state index contributed by atoms with van der Waals surface area (Å²) in [5.74, 6) is 0.434. The quantitative estimate of drug-likeness (QED) is 0.847. The van der Waals surface area contributed by atoms with Crippen molar-refractivity contribution in [3.63, 3.8) is 0 Å². The van der Waals surface area contributed by atoms with Crippen LogP contribution < -0.4 is 10.9 Å².